The highest BCUT2D eigenvalue weighted by Crippen LogP contribution is 2.24. The Morgan fingerprint density at radius 2 is 1.97 bits per heavy atom. The zero-order valence-electron chi connectivity index (χ0n) is 20.1. The van der Waals surface area contributed by atoms with Crippen LogP contribution in [0.2, 0.25) is 0 Å². The zero-order valence-corrected chi connectivity index (χ0v) is 20.1. The first-order valence-corrected chi connectivity index (χ1v) is 10.9. The van der Waals surface area contributed by atoms with Gasteiger partial charge in [0.2, 0.25) is 5.91 Å². The van der Waals surface area contributed by atoms with Crippen LogP contribution in [-0.4, -0.2) is 52.2 Å². The van der Waals surface area contributed by atoms with Crippen LogP contribution in [0.5, 0.6) is 0 Å². The average Bonchev–Trinajstić information content (AvgIpc) is 2.73. The number of aliphatic hydroxyl groups is 1. The fraction of sp³-hybridized carbons (Fsp3) is 0.480. The highest BCUT2D eigenvalue weighted by atomic mass is 16.6. The van der Waals surface area contributed by atoms with E-state index in [2.05, 4.69) is 23.3 Å². The van der Waals surface area contributed by atoms with Crippen LogP contribution < -0.4 is 10.6 Å². The third kappa shape index (κ3) is 8.62. The number of aliphatic hydroxyl groups excluding tert-OH is 1. The summed E-state index contributed by atoms with van der Waals surface area (Å²) in [5.41, 5.74) is 0.401. The lowest BCUT2D eigenvalue weighted by atomic mass is 10.0. The van der Waals surface area contributed by atoms with Crippen LogP contribution in [0.1, 0.15) is 64.6 Å². The molecule has 180 valence electrons. The molecular weight excluding hydrogens is 422 g/mol. The predicted molar refractivity (Wildman–Crippen MR) is 128 cm³/mol. The van der Waals surface area contributed by atoms with E-state index in [1.807, 2.05) is 13.8 Å². The Labute approximate surface area is 196 Å². The minimum atomic E-state index is -1.40. The van der Waals surface area contributed by atoms with E-state index in [9.17, 15) is 19.5 Å². The largest absolute Gasteiger partial charge is 0.444 e. The minimum absolute atomic E-state index is 0.143. The molecule has 0 aromatic heterocycles. The highest BCUT2D eigenvalue weighted by Gasteiger charge is 2.36. The number of benzene rings is 1. The van der Waals surface area contributed by atoms with E-state index in [1.165, 1.54) is 0 Å². The van der Waals surface area contributed by atoms with E-state index in [4.69, 9.17) is 11.2 Å². The van der Waals surface area contributed by atoms with Crippen LogP contribution in [-0.2, 0) is 14.3 Å². The van der Waals surface area contributed by atoms with E-state index < -0.39 is 42.2 Å². The fourth-order valence-corrected chi connectivity index (χ4v) is 3.17. The smallest absolute Gasteiger partial charge is 0.408 e. The standard InChI is InChI=1S/C25H35N3O5/c1-8-12-17(4)26-22(30)21(19-14-11-13-18(9-2)15-19)28(10-3)23(31)20(16-29)27-24(32)33-25(5,6)7/h3,9,11,13-15,17,20-21,29H,2,8,12,16H2,1,4-7H3,(H,26,30)(H,27,32). The van der Waals surface area contributed by atoms with Crippen molar-refractivity contribution in [2.45, 2.75) is 71.2 Å². The quantitative estimate of drug-likeness (QED) is 0.370. The van der Waals surface area contributed by atoms with Gasteiger partial charge in [0.1, 0.15) is 17.7 Å². The number of carbonyl (C=O) groups excluding carboxylic acids is 3. The summed E-state index contributed by atoms with van der Waals surface area (Å²) < 4.78 is 5.16. The molecule has 0 saturated carbocycles. The maximum absolute atomic E-state index is 13.3. The zero-order chi connectivity index (χ0) is 25.2. The van der Waals surface area contributed by atoms with Gasteiger partial charge >= 0.3 is 6.09 Å². The Balaban J connectivity index is 3.32. The average molecular weight is 458 g/mol. The molecule has 0 spiro atoms. The van der Waals surface area contributed by atoms with Crippen LogP contribution in [0.15, 0.2) is 30.8 Å². The third-order valence-electron chi connectivity index (χ3n) is 4.63. The Morgan fingerprint density at radius 1 is 1.30 bits per heavy atom. The van der Waals surface area contributed by atoms with E-state index in [0.29, 0.717) is 5.56 Å². The Morgan fingerprint density at radius 3 is 2.48 bits per heavy atom. The summed E-state index contributed by atoms with van der Waals surface area (Å²) in [6, 6.07) is 6.43. The molecule has 8 nitrogen and oxygen atoms in total. The maximum atomic E-state index is 13.3. The van der Waals surface area contributed by atoms with Gasteiger partial charge in [-0.1, -0.05) is 50.6 Å². The molecule has 0 aliphatic carbocycles. The van der Waals surface area contributed by atoms with Crippen molar-refractivity contribution in [1.82, 2.24) is 15.5 Å². The number of nitrogens with zero attached hydrogens (tertiary/aromatic N) is 1. The number of carbonyl (C=O) groups is 3. The van der Waals surface area contributed by atoms with Gasteiger partial charge in [-0.25, -0.2) is 4.79 Å². The van der Waals surface area contributed by atoms with Gasteiger partial charge in [0.25, 0.3) is 5.91 Å². The molecule has 0 aliphatic rings. The Hall–Kier alpha value is -3.31. The normalized spacial score (nSPS) is 13.6. The molecule has 3 atom stereocenters. The summed E-state index contributed by atoms with van der Waals surface area (Å²) in [5.74, 6) is -1.30. The van der Waals surface area contributed by atoms with Gasteiger partial charge in [0.05, 0.1) is 6.61 Å². The number of hydrogen-bond donors (Lipinski definition) is 3. The summed E-state index contributed by atoms with van der Waals surface area (Å²) in [6.45, 7) is 11.9. The maximum Gasteiger partial charge on any atom is 0.408 e. The molecular formula is C25H35N3O5. The first-order chi connectivity index (χ1) is 15.5. The van der Waals surface area contributed by atoms with Crippen molar-refractivity contribution in [3.8, 4) is 12.5 Å². The van der Waals surface area contributed by atoms with Gasteiger partial charge in [-0.05, 0) is 51.3 Å². The molecule has 3 N–H and O–H groups in total. The van der Waals surface area contributed by atoms with E-state index in [0.717, 1.165) is 23.3 Å². The Kier molecular flexibility index (Phi) is 10.6. The van der Waals surface area contributed by atoms with E-state index >= 15 is 0 Å². The van der Waals surface area contributed by atoms with Crippen molar-refractivity contribution in [2.24, 2.45) is 0 Å². The lowest BCUT2D eigenvalue weighted by Crippen LogP contribution is -2.53. The monoisotopic (exact) mass is 457 g/mol. The number of amides is 3. The summed E-state index contributed by atoms with van der Waals surface area (Å²) in [6.07, 6.45) is 7.99. The number of rotatable bonds is 10. The lowest BCUT2D eigenvalue weighted by molar-refractivity contribution is -0.139. The number of ether oxygens (including phenoxy) is 1. The van der Waals surface area contributed by atoms with Crippen molar-refractivity contribution in [3.63, 3.8) is 0 Å². The highest BCUT2D eigenvalue weighted by molar-refractivity contribution is 5.93. The predicted octanol–water partition coefficient (Wildman–Crippen LogP) is 2.98. The van der Waals surface area contributed by atoms with Gasteiger partial charge in [0, 0.05) is 12.1 Å². The molecule has 33 heavy (non-hydrogen) atoms. The molecule has 0 heterocycles. The summed E-state index contributed by atoms with van der Waals surface area (Å²) in [7, 11) is 0. The number of alkyl carbamates (subject to hydrolysis) is 1. The van der Waals surface area contributed by atoms with Crippen molar-refractivity contribution in [3.05, 3.63) is 42.0 Å². The van der Waals surface area contributed by atoms with E-state index in [1.54, 1.807) is 51.1 Å². The van der Waals surface area contributed by atoms with Crippen LogP contribution in [0, 0.1) is 12.5 Å². The van der Waals surface area contributed by atoms with E-state index in [-0.39, 0.29) is 6.04 Å². The van der Waals surface area contributed by atoms with Gasteiger partial charge in [-0.15, -0.1) is 0 Å². The van der Waals surface area contributed by atoms with Crippen LogP contribution in [0.4, 0.5) is 4.79 Å². The second-order valence-corrected chi connectivity index (χ2v) is 8.69. The third-order valence-corrected chi connectivity index (χ3v) is 4.63. The summed E-state index contributed by atoms with van der Waals surface area (Å²) in [5, 5.41) is 15.0. The number of nitrogens with one attached hydrogen (secondary N) is 2. The molecule has 0 fully saturated rings. The number of terminal acetylenes is 1. The molecule has 1 aromatic rings. The summed E-state index contributed by atoms with van der Waals surface area (Å²) in [4.78, 5) is 39.5. The first-order valence-electron chi connectivity index (χ1n) is 10.9. The Bertz CT molecular complexity index is 885. The molecule has 0 bridgehead atoms. The van der Waals surface area contributed by atoms with Crippen LogP contribution in [0.3, 0.4) is 0 Å². The van der Waals surface area contributed by atoms with Gasteiger partial charge in [0.15, 0.2) is 0 Å². The number of hydrogen-bond acceptors (Lipinski definition) is 5. The molecule has 3 unspecified atom stereocenters. The topological polar surface area (TPSA) is 108 Å². The van der Waals surface area contributed by atoms with Crippen LogP contribution >= 0.6 is 0 Å². The van der Waals surface area contributed by atoms with Crippen molar-refractivity contribution >= 4 is 24.0 Å². The molecule has 1 rings (SSSR count). The van der Waals surface area contributed by atoms with Crippen molar-refractivity contribution in [1.29, 1.82) is 0 Å². The van der Waals surface area contributed by atoms with Crippen molar-refractivity contribution < 1.29 is 24.2 Å². The first kappa shape index (κ1) is 27.7. The molecule has 0 radical (unpaired) electrons. The van der Waals surface area contributed by atoms with Gasteiger partial charge < -0.3 is 20.5 Å². The second-order valence-electron chi connectivity index (χ2n) is 8.69. The molecule has 0 saturated heterocycles. The van der Waals surface area contributed by atoms with Gasteiger partial charge in [-0.2, -0.15) is 0 Å². The SMILES string of the molecule is C#CN(C(=O)C(CO)NC(=O)OC(C)(C)C)C(C(=O)NC(C)CCC)c1cccc(C=C)c1. The molecule has 0 aliphatic heterocycles. The lowest BCUT2D eigenvalue weighted by Gasteiger charge is -2.30. The van der Waals surface area contributed by atoms with Crippen molar-refractivity contribution in [2.75, 3.05) is 6.61 Å². The molecule has 1 aromatic carbocycles. The molecule has 3 amide bonds. The summed E-state index contributed by atoms with van der Waals surface area (Å²) >= 11 is 0. The molecule has 8 heteroatoms. The van der Waals surface area contributed by atoms with Gasteiger partial charge in [-0.3, -0.25) is 14.5 Å². The minimum Gasteiger partial charge on any atom is -0.444 e. The van der Waals surface area contributed by atoms with Crippen LogP contribution in [0.25, 0.3) is 6.08 Å². The fourth-order valence-electron chi connectivity index (χ4n) is 3.17. The second kappa shape index (κ2) is 12.7.